The molecule has 19 heavy (non-hydrogen) atoms. The van der Waals surface area contributed by atoms with Crippen molar-refractivity contribution in [3.8, 4) is 11.4 Å². The maximum atomic E-state index is 11.5. The summed E-state index contributed by atoms with van der Waals surface area (Å²) in [7, 11) is 1.90. The number of carbonyl (C=O) groups is 1. The molecule has 0 aliphatic carbocycles. The van der Waals surface area contributed by atoms with Crippen LogP contribution in [0.2, 0.25) is 0 Å². The highest BCUT2D eigenvalue weighted by molar-refractivity contribution is 5.98. The highest BCUT2D eigenvalue weighted by Gasteiger charge is 2.18. The molecule has 0 spiro atoms. The third kappa shape index (κ3) is 2.07. The van der Waals surface area contributed by atoms with Crippen molar-refractivity contribution >= 4 is 11.6 Å². The SMILES string of the molecule is CCc1c(-c2nccn2C)cc(C(N)=O)c(C)c1N. The van der Waals surface area contributed by atoms with E-state index in [0.717, 1.165) is 28.9 Å². The van der Waals surface area contributed by atoms with Crippen molar-refractivity contribution < 1.29 is 4.79 Å². The number of aryl methyl sites for hydroxylation is 1. The quantitative estimate of drug-likeness (QED) is 0.820. The van der Waals surface area contributed by atoms with Gasteiger partial charge in [-0.15, -0.1) is 0 Å². The summed E-state index contributed by atoms with van der Waals surface area (Å²) in [6, 6.07) is 1.79. The zero-order valence-electron chi connectivity index (χ0n) is 11.4. The van der Waals surface area contributed by atoms with Gasteiger partial charge < -0.3 is 16.0 Å². The van der Waals surface area contributed by atoms with E-state index in [1.54, 1.807) is 12.3 Å². The number of primary amides is 1. The number of hydrogen-bond acceptors (Lipinski definition) is 3. The molecule has 1 amide bonds. The highest BCUT2D eigenvalue weighted by atomic mass is 16.1. The summed E-state index contributed by atoms with van der Waals surface area (Å²) in [6.45, 7) is 3.85. The smallest absolute Gasteiger partial charge is 0.249 e. The van der Waals surface area contributed by atoms with Gasteiger partial charge in [0.2, 0.25) is 5.91 Å². The molecule has 5 nitrogen and oxygen atoms in total. The molecule has 2 aromatic rings. The van der Waals surface area contributed by atoms with E-state index in [0.29, 0.717) is 11.3 Å². The Kier molecular flexibility index (Phi) is 3.29. The Hall–Kier alpha value is -2.30. The van der Waals surface area contributed by atoms with Gasteiger partial charge in [-0.3, -0.25) is 4.79 Å². The van der Waals surface area contributed by atoms with Crippen molar-refractivity contribution in [3.63, 3.8) is 0 Å². The molecular formula is C14H18N4O. The summed E-state index contributed by atoms with van der Waals surface area (Å²) in [4.78, 5) is 15.8. The average molecular weight is 258 g/mol. The summed E-state index contributed by atoms with van der Waals surface area (Å²) in [5, 5.41) is 0. The van der Waals surface area contributed by atoms with Gasteiger partial charge in [0.1, 0.15) is 5.82 Å². The predicted octanol–water partition coefficient (Wildman–Crippen LogP) is 1.64. The number of amides is 1. The molecule has 1 heterocycles. The minimum absolute atomic E-state index is 0.452. The molecule has 0 aliphatic rings. The minimum Gasteiger partial charge on any atom is -0.398 e. The van der Waals surface area contributed by atoms with Crippen molar-refractivity contribution in [2.45, 2.75) is 20.3 Å². The van der Waals surface area contributed by atoms with Crippen LogP contribution in [0, 0.1) is 6.92 Å². The molecule has 0 fully saturated rings. The lowest BCUT2D eigenvalue weighted by Crippen LogP contribution is -2.15. The van der Waals surface area contributed by atoms with Gasteiger partial charge in [0.25, 0.3) is 0 Å². The minimum atomic E-state index is -0.470. The van der Waals surface area contributed by atoms with Crippen molar-refractivity contribution in [1.29, 1.82) is 0 Å². The Morgan fingerprint density at radius 3 is 2.63 bits per heavy atom. The number of anilines is 1. The van der Waals surface area contributed by atoms with Crippen molar-refractivity contribution in [3.05, 3.63) is 35.2 Å². The maximum Gasteiger partial charge on any atom is 0.249 e. The fourth-order valence-corrected chi connectivity index (χ4v) is 2.32. The molecule has 0 aliphatic heterocycles. The lowest BCUT2D eigenvalue weighted by Gasteiger charge is -2.16. The lowest BCUT2D eigenvalue weighted by atomic mass is 9.94. The Morgan fingerprint density at radius 2 is 2.16 bits per heavy atom. The van der Waals surface area contributed by atoms with E-state index in [1.165, 1.54) is 0 Å². The maximum absolute atomic E-state index is 11.5. The first-order chi connectivity index (χ1) is 8.97. The topological polar surface area (TPSA) is 86.9 Å². The Morgan fingerprint density at radius 1 is 1.47 bits per heavy atom. The number of nitrogens with zero attached hydrogens (tertiary/aromatic N) is 2. The van der Waals surface area contributed by atoms with Gasteiger partial charge in [0, 0.05) is 36.3 Å². The summed E-state index contributed by atoms with van der Waals surface area (Å²) >= 11 is 0. The zero-order valence-corrected chi connectivity index (χ0v) is 11.4. The first-order valence-corrected chi connectivity index (χ1v) is 6.16. The second kappa shape index (κ2) is 4.76. The van der Waals surface area contributed by atoms with E-state index >= 15 is 0 Å². The molecule has 0 radical (unpaired) electrons. The zero-order chi connectivity index (χ0) is 14.2. The fourth-order valence-electron chi connectivity index (χ4n) is 2.32. The second-order valence-electron chi connectivity index (χ2n) is 4.57. The third-order valence-electron chi connectivity index (χ3n) is 3.43. The van der Waals surface area contributed by atoms with Gasteiger partial charge in [-0.1, -0.05) is 6.92 Å². The van der Waals surface area contributed by atoms with E-state index in [-0.39, 0.29) is 0 Å². The van der Waals surface area contributed by atoms with E-state index < -0.39 is 5.91 Å². The van der Waals surface area contributed by atoms with Crippen molar-refractivity contribution in [1.82, 2.24) is 9.55 Å². The number of aromatic nitrogens is 2. The van der Waals surface area contributed by atoms with Crippen LogP contribution >= 0.6 is 0 Å². The molecule has 0 bridgehead atoms. The van der Waals surface area contributed by atoms with Crippen LogP contribution in [0.4, 0.5) is 5.69 Å². The second-order valence-corrected chi connectivity index (χ2v) is 4.57. The van der Waals surface area contributed by atoms with Gasteiger partial charge >= 0.3 is 0 Å². The lowest BCUT2D eigenvalue weighted by molar-refractivity contribution is 0.1000. The molecule has 4 N–H and O–H groups in total. The van der Waals surface area contributed by atoms with Crippen LogP contribution in [-0.4, -0.2) is 15.5 Å². The molecule has 0 unspecified atom stereocenters. The number of imidazole rings is 1. The number of benzene rings is 1. The van der Waals surface area contributed by atoms with Gasteiger partial charge in [-0.05, 0) is 30.5 Å². The van der Waals surface area contributed by atoms with E-state index in [9.17, 15) is 4.79 Å². The molecule has 1 aromatic heterocycles. The van der Waals surface area contributed by atoms with E-state index in [2.05, 4.69) is 4.98 Å². The molecule has 0 saturated heterocycles. The molecular weight excluding hydrogens is 240 g/mol. The van der Waals surface area contributed by atoms with E-state index in [4.69, 9.17) is 11.5 Å². The van der Waals surface area contributed by atoms with Gasteiger partial charge in [-0.25, -0.2) is 4.98 Å². The molecule has 100 valence electrons. The average Bonchev–Trinajstić information content (AvgIpc) is 2.78. The van der Waals surface area contributed by atoms with Gasteiger partial charge in [-0.2, -0.15) is 0 Å². The number of rotatable bonds is 3. The number of carbonyl (C=O) groups excluding carboxylic acids is 1. The normalized spacial score (nSPS) is 10.7. The van der Waals surface area contributed by atoms with Crippen molar-refractivity contribution in [2.24, 2.45) is 12.8 Å². The Bertz CT molecular complexity index is 643. The van der Waals surface area contributed by atoms with E-state index in [1.807, 2.05) is 31.7 Å². The monoisotopic (exact) mass is 258 g/mol. The van der Waals surface area contributed by atoms with Crippen LogP contribution in [0.1, 0.15) is 28.4 Å². The summed E-state index contributed by atoms with van der Waals surface area (Å²) in [5.41, 5.74) is 15.2. The standard InChI is InChI=1S/C14H18N4O/c1-4-9-11(14-17-5-6-18(14)3)7-10(13(16)19)8(2)12(9)15/h5-7H,4,15H2,1-3H3,(H2,16,19). The molecule has 1 aromatic carbocycles. The highest BCUT2D eigenvalue weighted by Crippen LogP contribution is 2.32. The first kappa shape index (κ1) is 13.1. The largest absolute Gasteiger partial charge is 0.398 e. The van der Waals surface area contributed by atoms with Crippen LogP contribution in [0.15, 0.2) is 18.5 Å². The first-order valence-electron chi connectivity index (χ1n) is 6.16. The molecule has 2 rings (SSSR count). The summed E-state index contributed by atoms with van der Waals surface area (Å²) in [5.74, 6) is 0.313. The number of nitrogen functional groups attached to an aromatic ring is 1. The number of nitrogens with two attached hydrogens (primary N) is 2. The van der Waals surface area contributed by atoms with Crippen LogP contribution in [-0.2, 0) is 13.5 Å². The molecule has 0 saturated carbocycles. The van der Waals surface area contributed by atoms with Crippen molar-refractivity contribution in [2.75, 3.05) is 5.73 Å². The fraction of sp³-hybridized carbons (Fsp3) is 0.286. The van der Waals surface area contributed by atoms with Crippen LogP contribution in [0.3, 0.4) is 0 Å². The predicted molar refractivity (Wildman–Crippen MR) is 75.7 cm³/mol. The summed E-state index contributed by atoms with van der Waals surface area (Å²) in [6.07, 6.45) is 4.34. The van der Waals surface area contributed by atoms with Crippen LogP contribution in [0.25, 0.3) is 11.4 Å². The van der Waals surface area contributed by atoms with Gasteiger partial charge in [0.05, 0.1) is 0 Å². The van der Waals surface area contributed by atoms with Crippen LogP contribution in [0.5, 0.6) is 0 Å². The Balaban J connectivity index is 2.79. The van der Waals surface area contributed by atoms with Gasteiger partial charge in [0.15, 0.2) is 0 Å². The number of hydrogen-bond donors (Lipinski definition) is 2. The summed E-state index contributed by atoms with van der Waals surface area (Å²) < 4.78 is 1.90. The third-order valence-corrected chi connectivity index (χ3v) is 3.43. The molecule has 0 atom stereocenters. The van der Waals surface area contributed by atoms with Crippen LogP contribution < -0.4 is 11.5 Å². The Labute approximate surface area is 112 Å². The molecule has 5 heteroatoms.